The van der Waals surface area contributed by atoms with Crippen molar-refractivity contribution in [2.45, 2.75) is 58.9 Å². The Morgan fingerprint density at radius 3 is 2.56 bits per heavy atom. The van der Waals surface area contributed by atoms with Crippen LogP contribution in [0.25, 0.3) is 0 Å². The zero-order valence-corrected chi connectivity index (χ0v) is 11.0. The van der Waals surface area contributed by atoms with Gasteiger partial charge < -0.3 is 4.74 Å². The molecule has 0 amide bonds. The maximum Gasteiger partial charge on any atom is 0.164 e. The Morgan fingerprint density at radius 1 is 1.31 bits per heavy atom. The molecule has 0 N–H and O–H groups in total. The molecule has 0 unspecified atom stereocenters. The first-order chi connectivity index (χ1) is 7.41. The van der Waals surface area contributed by atoms with Gasteiger partial charge in [0, 0.05) is 11.5 Å². The first-order valence-electron chi connectivity index (χ1n) is 6.16. The monoisotopic (exact) mass is 222 g/mol. The summed E-state index contributed by atoms with van der Waals surface area (Å²) in [5, 5.41) is 4.75. The number of rotatable bonds is 1. The lowest BCUT2D eigenvalue weighted by Crippen LogP contribution is -2.15. The van der Waals surface area contributed by atoms with Crippen LogP contribution in [0.3, 0.4) is 0 Å². The van der Waals surface area contributed by atoms with Crippen LogP contribution in [0, 0.1) is 0 Å². The van der Waals surface area contributed by atoms with Crippen LogP contribution in [0.5, 0.6) is 5.75 Å². The van der Waals surface area contributed by atoms with Crippen LogP contribution in [0.2, 0.25) is 0 Å². The van der Waals surface area contributed by atoms with Crippen LogP contribution >= 0.6 is 0 Å². The van der Waals surface area contributed by atoms with Crippen molar-refractivity contribution >= 4 is 0 Å². The molecule has 0 saturated heterocycles. The first-order valence-corrected chi connectivity index (χ1v) is 6.16. The van der Waals surface area contributed by atoms with Crippen LogP contribution in [0.1, 0.15) is 58.5 Å². The van der Waals surface area contributed by atoms with E-state index in [0.29, 0.717) is 6.04 Å². The molecule has 0 aliphatic carbocycles. The molecule has 1 aromatic heterocycles. The van der Waals surface area contributed by atoms with E-state index in [0.717, 1.165) is 30.9 Å². The SMILES string of the molecule is CC(C)n1nc(C(C)(C)C)c2c1CCCO2. The van der Waals surface area contributed by atoms with Crippen molar-refractivity contribution in [1.29, 1.82) is 0 Å². The van der Waals surface area contributed by atoms with E-state index < -0.39 is 0 Å². The zero-order chi connectivity index (χ0) is 11.9. The second-order valence-electron chi connectivity index (χ2n) is 5.86. The van der Waals surface area contributed by atoms with E-state index in [1.165, 1.54) is 5.69 Å². The molecular formula is C13H22N2O. The van der Waals surface area contributed by atoms with E-state index in [2.05, 4.69) is 39.3 Å². The Bertz CT molecular complexity index is 385. The minimum absolute atomic E-state index is 0.0571. The number of aromatic nitrogens is 2. The van der Waals surface area contributed by atoms with E-state index in [-0.39, 0.29) is 5.41 Å². The van der Waals surface area contributed by atoms with Crippen molar-refractivity contribution in [2.75, 3.05) is 6.61 Å². The van der Waals surface area contributed by atoms with Gasteiger partial charge in [-0.2, -0.15) is 5.10 Å². The molecule has 0 aromatic carbocycles. The second-order valence-corrected chi connectivity index (χ2v) is 5.86. The van der Waals surface area contributed by atoms with Gasteiger partial charge in [-0.15, -0.1) is 0 Å². The van der Waals surface area contributed by atoms with Crippen LogP contribution in [0.4, 0.5) is 0 Å². The third-order valence-corrected chi connectivity index (χ3v) is 2.97. The standard InChI is InChI=1S/C13H22N2O/c1-9(2)15-10-7-6-8-16-11(10)12(14-15)13(3,4)5/h9H,6-8H2,1-5H3. The van der Waals surface area contributed by atoms with Crippen LogP contribution in [-0.2, 0) is 11.8 Å². The number of nitrogens with zero attached hydrogens (tertiary/aromatic N) is 2. The summed E-state index contributed by atoms with van der Waals surface area (Å²) >= 11 is 0. The minimum Gasteiger partial charge on any atom is -0.490 e. The van der Waals surface area contributed by atoms with Crippen molar-refractivity contribution in [3.05, 3.63) is 11.4 Å². The van der Waals surface area contributed by atoms with Gasteiger partial charge in [-0.1, -0.05) is 20.8 Å². The third-order valence-electron chi connectivity index (χ3n) is 2.97. The van der Waals surface area contributed by atoms with Crippen molar-refractivity contribution in [3.8, 4) is 5.75 Å². The average molecular weight is 222 g/mol. The molecule has 3 heteroatoms. The average Bonchev–Trinajstić information content (AvgIpc) is 2.56. The normalized spacial score (nSPS) is 16.1. The van der Waals surface area contributed by atoms with E-state index in [1.54, 1.807) is 0 Å². The predicted molar refractivity (Wildman–Crippen MR) is 65.1 cm³/mol. The van der Waals surface area contributed by atoms with E-state index in [1.807, 2.05) is 0 Å². The molecule has 0 bridgehead atoms. The maximum absolute atomic E-state index is 5.83. The maximum atomic E-state index is 5.83. The molecular weight excluding hydrogens is 200 g/mol. The molecule has 16 heavy (non-hydrogen) atoms. The predicted octanol–water partition coefficient (Wildman–Crippen LogP) is 3.09. The Hall–Kier alpha value is -0.990. The van der Waals surface area contributed by atoms with E-state index in [4.69, 9.17) is 9.84 Å². The molecule has 1 aliphatic rings. The third kappa shape index (κ3) is 1.83. The molecule has 0 radical (unpaired) electrons. The molecule has 0 spiro atoms. The van der Waals surface area contributed by atoms with Crippen LogP contribution in [0.15, 0.2) is 0 Å². The van der Waals surface area contributed by atoms with E-state index in [9.17, 15) is 0 Å². The highest BCUT2D eigenvalue weighted by Gasteiger charge is 2.30. The van der Waals surface area contributed by atoms with Gasteiger partial charge in [0.15, 0.2) is 5.75 Å². The Morgan fingerprint density at radius 2 is 2.00 bits per heavy atom. The molecule has 90 valence electrons. The molecule has 2 heterocycles. The second kappa shape index (κ2) is 3.79. The highest BCUT2D eigenvalue weighted by Crippen LogP contribution is 2.37. The van der Waals surface area contributed by atoms with Gasteiger partial charge in [0.25, 0.3) is 0 Å². The summed E-state index contributed by atoms with van der Waals surface area (Å²) in [5.41, 5.74) is 2.45. The van der Waals surface area contributed by atoms with Gasteiger partial charge in [-0.3, -0.25) is 4.68 Å². The van der Waals surface area contributed by atoms with Crippen LogP contribution in [-0.4, -0.2) is 16.4 Å². The molecule has 0 atom stereocenters. The Balaban J connectivity index is 2.55. The first kappa shape index (κ1) is 11.5. The van der Waals surface area contributed by atoms with Crippen LogP contribution < -0.4 is 4.74 Å². The lowest BCUT2D eigenvalue weighted by Gasteiger charge is -2.20. The summed E-state index contributed by atoms with van der Waals surface area (Å²) < 4.78 is 7.96. The van der Waals surface area contributed by atoms with Gasteiger partial charge >= 0.3 is 0 Å². The fraction of sp³-hybridized carbons (Fsp3) is 0.769. The van der Waals surface area contributed by atoms with E-state index >= 15 is 0 Å². The summed E-state index contributed by atoms with van der Waals surface area (Å²) in [7, 11) is 0. The van der Waals surface area contributed by atoms with Crippen molar-refractivity contribution < 1.29 is 4.74 Å². The van der Waals surface area contributed by atoms with Crippen molar-refractivity contribution in [1.82, 2.24) is 9.78 Å². The summed E-state index contributed by atoms with van der Waals surface area (Å²) in [4.78, 5) is 0. The fourth-order valence-corrected chi connectivity index (χ4v) is 2.17. The van der Waals surface area contributed by atoms with Crippen molar-refractivity contribution in [2.24, 2.45) is 0 Å². The quantitative estimate of drug-likeness (QED) is 0.730. The topological polar surface area (TPSA) is 27.1 Å². The minimum atomic E-state index is 0.0571. The molecule has 1 aromatic rings. The highest BCUT2D eigenvalue weighted by atomic mass is 16.5. The van der Waals surface area contributed by atoms with Gasteiger partial charge in [0.1, 0.15) is 5.69 Å². The van der Waals surface area contributed by atoms with Gasteiger partial charge in [-0.05, 0) is 26.7 Å². The lowest BCUT2D eigenvalue weighted by molar-refractivity contribution is 0.277. The van der Waals surface area contributed by atoms with Gasteiger partial charge in [0.05, 0.1) is 12.3 Å². The molecule has 2 rings (SSSR count). The number of fused-ring (bicyclic) bond motifs is 1. The largest absolute Gasteiger partial charge is 0.490 e. The smallest absolute Gasteiger partial charge is 0.164 e. The molecule has 0 saturated carbocycles. The fourth-order valence-electron chi connectivity index (χ4n) is 2.17. The van der Waals surface area contributed by atoms with Crippen molar-refractivity contribution in [3.63, 3.8) is 0 Å². The van der Waals surface area contributed by atoms with Gasteiger partial charge in [0.2, 0.25) is 0 Å². The summed E-state index contributed by atoms with van der Waals surface area (Å²) in [6.45, 7) is 11.8. The summed E-state index contributed by atoms with van der Waals surface area (Å²) in [6.07, 6.45) is 2.20. The summed E-state index contributed by atoms with van der Waals surface area (Å²) in [6, 6.07) is 0.409. The Labute approximate surface area is 97.8 Å². The lowest BCUT2D eigenvalue weighted by atomic mass is 9.91. The number of ether oxygens (including phenoxy) is 1. The van der Waals surface area contributed by atoms with Gasteiger partial charge in [-0.25, -0.2) is 0 Å². The molecule has 1 aliphatic heterocycles. The number of hydrogen-bond acceptors (Lipinski definition) is 2. The number of hydrogen-bond donors (Lipinski definition) is 0. The zero-order valence-electron chi connectivity index (χ0n) is 11.0. The summed E-state index contributed by atoms with van der Waals surface area (Å²) in [5.74, 6) is 1.05. The highest BCUT2D eigenvalue weighted by molar-refractivity contribution is 5.39. The molecule has 0 fully saturated rings. The molecule has 3 nitrogen and oxygen atoms in total. The Kier molecular flexibility index (Phi) is 2.72.